The van der Waals surface area contributed by atoms with Crippen molar-refractivity contribution in [2.45, 2.75) is 23.6 Å². The average molecular weight is 303 g/mol. The molecule has 1 atom stereocenters. The van der Waals surface area contributed by atoms with E-state index in [1.165, 1.54) is 32.4 Å². The minimum atomic E-state index is -3.31. The van der Waals surface area contributed by atoms with E-state index in [-0.39, 0.29) is 16.7 Å². The molecule has 0 saturated heterocycles. The van der Waals surface area contributed by atoms with E-state index >= 15 is 0 Å². The number of nitrogens with one attached hydrogen (secondary N) is 1. The first-order chi connectivity index (χ1) is 9.47. The first-order valence-corrected chi connectivity index (χ1v) is 7.94. The van der Waals surface area contributed by atoms with Gasteiger partial charge in [0.25, 0.3) is 0 Å². The fourth-order valence-corrected chi connectivity index (χ4v) is 3.93. The highest BCUT2D eigenvalue weighted by Gasteiger charge is 2.30. The Bertz CT molecular complexity index is 572. The molecule has 1 aliphatic rings. The topological polar surface area (TPSA) is 64.6 Å². The van der Waals surface area contributed by atoms with Crippen LogP contribution in [-0.4, -0.2) is 41.2 Å². The third kappa shape index (κ3) is 3.17. The first kappa shape index (κ1) is 15.4. The number of fused-ring (bicyclic) bond motifs is 1. The molecule has 0 fully saturated rings. The number of ether oxygens (including phenoxy) is 2. The number of methoxy groups -OCH3 is 2. The second-order valence-electron chi connectivity index (χ2n) is 4.65. The number of halogens is 1. The van der Waals surface area contributed by atoms with Gasteiger partial charge < -0.3 is 14.8 Å². The van der Waals surface area contributed by atoms with Gasteiger partial charge in [0.2, 0.25) is 0 Å². The molecule has 2 rings (SSSR count). The molecule has 20 heavy (non-hydrogen) atoms. The highest BCUT2D eigenvalue weighted by Crippen LogP contribution is 2.32. The van der Waals surface area contributed by atoms with Crippen molar-refractivity contribution in [3.63, 3.8) is 0 Å². The van der Waals surface area contributed by atoms with Gasteiger partial charge >= 0.3 is 0 Å². The van der Waals surface area contributed by atoms with E-state index in [9.17, 15) is 12.8 Å². The van der Waals surface area contributed by atoms with Crippen molar-refractivity contribution in [3.8, 4) is 0 Å². The average Bonchev–Trinajstić information content (AvgIpc) is 2.41. The Morgan fingerprint density at radius 1 is 1.40 bits per heavy atom. The standard InChI is InChI=1S/C13H18FNO4S/c1-18-13(19-2)8-15-11-5-6-20(16,17)12-4-3-9(14)7-10(11)12/h3-4,7,11,13,15H,5-6,8H2,1-2H3. The van der Waals surface area contributed by atoms with Crippen LogP contribution in [0.4, 0.5) is 4.39 Å². The smallest absolute Gasteiger partial charge is 0.178 e. The van der Waals surface area contributed by atoms with Gasteiger partial charge in [-0.1, -0.05) is 0 Å². The van der Waals surface area contributed by atoms with Crippen LogP contribution in [-0.2, 0) is 19.3 Å². The molecule has 1 unspecified atom stereocenters. The van der Waals surface area contributed by atoms with Crippen molar-refractivity contribution < 1.29 is 22.3 Å². The van der Waals surface area contributed by atoms with Gasteiger partial charge in [-0.05, 0) is 30.2 Å². The third-order valence-electron chi connectivity index (χ3n) is 3.41. The fourth-order valence-electron chi connectivity index (χ4n) is 2.33. The van der Waals surface area contributed by atoms with Crippen molar-refractivity contribution in [2.24, 2.45) is 0 Å². The Hall–Kier alpha value is -1.02. The van der Waals surface area contributed by atoms with E-state index in [1.807, 2.05) is 0 Å². The van der Waals surface area contributed by atoms with E-state index in [0.717, 1.165) is 0 Å². The maximum absolute atomic E-state index is 13.4. The SMILES string of the molecule is COC(CNC1CCS(=O)(=O)c2ccc(F)cc21)OC. The van der Waals surface area contributed by atoms with Gasteiger partial charge in [-0.15, -0.1) is 0 Å². The molecule has 0 saturated carbocycles. The molecule has 1 aromatic rings. The third-order valence-corrected chi connectivity index (χ3v) is 5.23. The summed E-state index contributed by atoms with van der Waals surface area (Å²) in [5.74, 6) is -0.392. The van der Waals surface area contributed by atoms with Crippen LogP contribution in [0.5, 0.6) is 0 Å². The van der Waals surface area contributed by atoms with Crippen LogP contribution >= 0.6 is 0 Å². The summed E-state index contributed by atoms with van der Waals surface area (Å²) in [5.41, 5.74) is 0.474. The molecule has 0 radical (unpaired) electrons. The molecule has 0 bridgehead atoms. The second kappa shape index (κ2) is 6.17. The van der Waals surface area contributed by atoms with Gasteiger partial charge in [0.1, 0.15) is 5.82 Å². The van der Waals surface area contributed by atoms with Gasteiger partial charge in [0, 0.05) is 26.8 Å². The van der Waals surface area contributed by atoms with E-state index in [2.05, 4.69) is 5.32 Å². The lowest BCUT2D eigenvalue weighted by Crippen LogP contribution is -2.36. The summed E-state index contributed by atoms with van der Waals surface area (Å²) in [6, 6.07) is 3.55. The number of benzene rings is 1. The predicted molar refractivity (Wildman–Crippen MR) is 71.6 cm³/mol. The van der Waals surface area contributed by atoms with Crippen molar-refractivity contribution >= 4 is 9.84 Å². The lowest BCUT2D eigenvalue weighted by atomic mass is 10.0. The summed E-state index contributed by atoms with van der Waals surface area (Å²) in [4.78, 5) is 0.203. The lowest BCUT2D eigenvalue weighted by Gasteiger charge is -2.27. The van der Waals surface area contributed by atoms with Gasteiger partial charge in [-0.25, -0.2) is 12.8 Å². The Kier molecular flexibility index (Phi) is 4.74. The molecular formula is C13H18FNO4S. The van der Waals surface area contributed by atoms with Crippen molar-refractivity contribution in [1.82, 2.24) is 5.32 Å². The monoisotopic (exact) mass is 303 g/mol. The lowest BCUT2D eigenvalue weighted by molar-refractivity contribution is -0.1000. The number of sulfone groups is 1. The summed E-state index contributed by atoms with van der Waals surface area (Å²) < 4.78 is 47.5. The highest BCUT2D eigenvalue weighted by atomic mass is 32.2. The van der Waals surface area contributed by atoms with Crippen molar-refractivity contribution in [1.29, 1.82) is 0 Å². The molecule has 1 aliphatic heterocycles. The van der Waals surface area contributed by atoms with Crippen LogP contribution in [0.1, 0.15) is 18.0 Å². The number of rotatable bonds is 5. The normalized spacial score (nSPS) is 20.9. The highest BCUT2D eigenvalue weighted by molar-refractivity contribution is 7.91. The summed E-state index contributed by atoms with van der Waals surface area (Å²) in [5, 5.41) is 3.16. The van der Waals surface area contributed by atoms with E-state index in [4.69, 9.17) is 9.47 Å². The van der Waals surface area contributed by atoms with Crippen LogP contribution in [0, 0.1) is 5.82 Å². The summed E-state index contributed by atoms with van der Waals surface area (Å²) in [6.45, 7) is 0.396. The second-order valence-corrected chi connectivity index (χ2v) is 6.73. The zero-order chi connectivity index (χ0) is 14.8. The van der Waals surface area contributed by atoms with Crippen LogP contribution in [0.25, 0.3) is 0 Å². The van der Waals surface area contributed by atoms with Gasteiger partial charge in [0.15, 0.2) is 16.1 Å². The van der Waals surface area contributed by atoms with Crippen molar-refractivity contribution in [3.05, 3.63) is 29.6 Å². The molecule has 0 amide bonds. The quantitative estimate of drug-likeness (QED) is 0.655. The van der Waals surface area contributed by atoms with E-state index < -0.39 is 21.9 Å². The minimum absolute atomic E-state index is 0.0495. The number of hydrogen-bond donors (Lipinski definition) is 1. The Morgan fingerprint density at radius 2 is 2.10 bits per heavy atom. The zero-order valence-corrected chi connectivity index (χ0v) is 12.2. The van der Waals surface area contributed by atoms with Crippen LogP contribution < -0.4 is 5.32 Å². The fraction of sp³-hybridized carbons (Fsp3) is 0.538. The molecule has 0 aliphatic carbocycles. The van der Waals surface area contributed by atoms with Crippen LogP contribution in [0.3, 0.4) is 0 Å². The zero-order valence-electron chi connectivity index (χ0n) is 11.4. The molecule has 1 N–H and O–H groups in total. The van der Waals surface area contributed by atoms with E-state index in [1.54, 1.807) is 0 Å². The Balaban J connectivity index is 2.23. The Morgan fingerprint density at radius 3 is 2.75 bits per heavy atom. The van der Waals surface area contributed by atoms with Gasteiger partial charge in [0.05, 0.1) is 10.6 Å². The van der Waals surface area contributed by atoms with Crippen LogP contribution in [0.2, 0.25) is 0 Å². The first-order valence-electron chi connectivity index (χ1n) is 6.29. The van der Waals surface area contributed by atoms with E-state index in [0.29, 0.717) is 18.5 Å². The largest absolute Gasteiger partial charge is 0.355 e. The summed E-state index contributed by atoms with van der Waals surface area (Å²) in [6.07, 6.45) is -0.0237. The molecular weight excluding hydrogens is 285 g/mol. The Labute approximate surface area is 118 Å². The molecule has 1 aromatic carbocycles. The van der Waals surface area contributed by atoms with Crippen LogP contribution in [0.15, 0.2) is 23.1 Å². The maximum Gasteiger partial charge on any atom is 0.178 e. The summed E-state index contributed by atoms with van der Waals surface area (Å²) in [7, 11) is -0.265. The predicted octanol–water partition coefficient (Wildman–Crippen LogP) is 1.25. The minimum Gasteiger partial charge on any atom is -0.355 e. The molecule has 7 heteroatoms. The summed E-state index contributed by atoms with van der Waals surface area (Å²) >= 11 is 0. The van der Waals surface area contributed by atoms with Gasteiger partial charge in [-0.3, -0.25) is 0 Å². The molecule has 1 heterocycles. The maximum atomic E-state index is 13.4. The molecule has 112 valence electrons. The molecule has 0 spiro atoms. The van der Waals surface area contributed by atoms with Gasteiger partial charge in [-0.2, -0.15) is 0 Å². The number of hydrogen-bond acceptors (Lipinski definition) is 5. The molecule has 0 aromatic heterocycles. The molecule has 5 nitrogen and oxygen atoms in total. The van der Waals surface area contributed by atoms with Crippen molar-refractivity contribution in [2.75, 3.05) is 26.5 Å².